The van der Waals surface area contributed by atoms with Crippen LogP contribution in [0.1, 0.15) is 5.56 Å². The number of hydrogen-bond acceptors (Lipinski definition) is 3. The third-order valence-electron chi connectivity index (χ3n) is 2.36. The highest BCUT2D eigenvalue weighted by molar-refractivity contribution is 6.12. The van der Waals surface area contributed by atoms with E-state index in [1.165, 1.54) is 6.07 Å². The molecule has 0 aliphatic carbocycles. The summed E-state index contributed by atoms with van der Waals surface area (Å²) in [4.78, 5) is 22.8. The van der Waals surface area contributed by atoms with Gasteiger partial charge < -0.3 is 5.32 Å². The molecule has 104 valence electrons. The number of nitrogens with zero attached hydrogens (tertiary/aromatic N) is 1. The molecule has 0 aliphatic rings. The number of carbonyl (C=O) groups is 2. The Labute approximate surface area is 112 Å². The van der Waals surface area contributed by atoms with Crippen molar-refractivity contribution in [1.29, 1.82) is 5.26 Å². The number of ketones is 1. The molecule has 0 aliphatic heterocycles. The smallest absolute Gasteiger partial charge is 0.325 e. The number of nitriles is 1. The second-order valence-corrected chi connectivity index (χ2v) is 3.73. The lowest BCUT2D eigenvalue weighted by Gasteiger charge is -2.10. The summed E-state index contributed by atoms with van der Waals surface area (Å²) in [6, 6.07) is 5.13. The van der Waals surface area contributed by atoms with Crippen LogP contribution in [0, 0.1) is 17.2 Å². The number of carbonyl (C=O) groups excluding carboxylic acids is 2. The molecule has 0 aromatic heterocycles. The fourth-order valence-corrected chi connectivity index (χ4v) is 1.33. The molecule has 1 unspecified atom stereocenters. The zero-order chi connectivity index (χ0) is 15.3. The molecule has 0 saturated carbocycles. The minimum atomic E-state index is -4.48. The predicted molar refractivity (Wildman–Crippen MR) is 64.4 cm³/mol. The van der Waals surface area contributed by atoms with Crippen LogP contribution >= 0.6 is 0 Å². The van der Waals surface area contributed by atoms with Crippen LogP contribution in [0.3, 0.4) is 0 Å². The standard InChI is InChI=1S/C13H9F3N2O2/c1-2-11(19)10(7-17)12(20)18-9-5-3-8(4-6-9)13(14,15)16/h2-6,10H,1H2,(H,18,20). The lowest BCUT2D eigenvalue weighted by molar-refractivity contribution is -0.137. The third kappa shape index (κ3) is 3.68. The third-order valence-corrected chi connectivity index (χ3v) is 2.36. The van der Waals surface area contributed by atoms with Crippen LogP contribution in [-0.4, -0.2) is 11.7 Å². The fraction of sp³-hybridized carbons (Fsp3) is 0.154. The Balaban J connectivity index is 2.84. The minimum absolute atomic E-state index is 0.0557. The molecule has 7 heteroatoms. The van der Waals surface area contributed by atoms with E-state index < -0.39 is 29.3 Å². The normalized spacial score (nSPS) is 12.1. The van der Waals surface area contributed by atoms with Crippen molar-refractivity contribution in [1.82, 2.24) is 0 Å². The number of benzene rings is 1. The highest BCUT2D eigenvalue weighted by Crippen LogP contribution is 2.29. The molecule has 1 amide bonds. The van der Waals surface area contributed by atoms with Crippen LogP contribution in [0.5, 0.6) is 0 Å². The van der Waals surface area contributed by atoms with Gasteiger partial charge in [0, 0.05) is 5.69 Å². The second kappa shape index (κ2) is 6.02. The van der Waals surface area contributed by atoms with Crippen LogP contribution in [0.15, 0.2) is 36.9 Å². The van der Waals surface area contributed by atoms with Crippen LogP contribution < -0.4 is 5.32 Å². The number of nitrogens with one attached hydrogen (secondary N) is 1. The summed E-state index contributed by atoms with van der Waals surface area (Å²) in [5.41, 5.74) is -0.811. The van der Waals surface area contributed by atoms with Crippen molar-refractivity contribution in [3.63, 3.8) is 0 Å². The molecule has 1 N–H and O–H groups in total. The van der Waals surface area contributed by atoms with Gasteiger partial charge in [-0.15, -0.1) is 0 Å². The zero-order valence-corrected chi connectivity index (χ0v) is 10.1. The van der Waals surface area contributed by atoms with Gasteiger partial charge in [-0.3, -0.25) is 9.59 Å². The summed E-state index contributed by atoms with van der Waals surface area (Å²) in [6.45, 7) is 3.15. The van der Waals surface area contributed by atoms with Crippen molar-refractivity contribution in [2.45, 2.75) is 6.18 Å². The topological polar surface area (TPSA) is 70.0 Å². The molecule has 0 saturated heterocycles. The molecular weight excluding hydrogens is 273 g/mol. The molecule has 0 bridgehead atoms. The number of alkyl halides is 3. The Morgan fingerprint density at radius 3 is 2.25 bits per heavy atom. The van der Waals surface area contributed by atoms with Gasteiger partial charge in [0.15, 0.2) is 11.7 Å². The summed E-state index contributed by atoms with van der Waals surface area (Å²) < 4.78 is 37.0. The lowest BCUT2D eigenvalue weighted by Crippen LogP contribution is -2.27. The van der Waals surface area contributed by atoms with Crippen LogP contribution in [0.4, 0.5) is 18.9 Å². The maximum absolute atomic E-state index is 12.3. The summed E-state index contributed by atoms with van der Waals surface area (Å²) in [6.07, 6.45) is -3.64. The van der Waals surface area contributed by atoms with Gasteiger partial charge in [-0.25, -0.2) is 0 Å². The van der Waals surface area contributed by atoms with Gasteiger partial charge >= 0.3 is 6.18 Å². The number of anilines is 1. The van der Waals surface area contributed by atoms with E-state index in [0.29, 0.717) is 0 Å². The first-order valence-corrected chi connectivity index (χ1v) is 5.33. The summed E-state index contributed by atoms with van der Waals surface area (Å²) in [7, 11) is 0. The number of allylic oxidation sites excluding steroid dienone is 1. The van der Waals surface area contributed by atoms with E-state index in [-0.39, 0.29) is 5.69 Å². The van der Waals surface area contributed by atoms with Gasteiger partial charge in [-0.1, -0.05) is 6.58 Å². The highest BCUT2D eigenvalue weighted by Gasteiger charge is 2.30. The van der Waals surface area contributed by atoms with Gasteiger partial charge in [0.05, 0.1) is 11.6 Å². The number of amides is 1. The Bertz CT molecular complexity index is 571. The van der Waals surface area contributed by atoms with Gasteiger partial charge in [0.2, 0.25) is 5.91 Å². The van der Waals surface area contributed by atoms with Crippen molar-refractivity contribution in [2.75, 3.05) is 5.32 Å². The first-order chi connectivity index (χ1) is 9.29. The number of halogens is 3. The zero-order valence-electron chi connectivity index (χ0n) is 10.1. The first kappa shape index (κ1) is 15.4. The van der Waals surface area contributed by atoms with Gasteiger partial charge in [0.25, 0.3) is 0 Å². The van der Waals surface area contributed by atoms with Crippen LogP contribution in [0.25, 0.3) is 0 Å². The Morgan fingerprint density at radius 1 is 1.30 bits per heavy atom. The largest absolute Gasteiger partial charge is 0.416 e. The van der Waals surface area contributed by atoms with Crippen molar-refractivity contribution >= 4 is 17.4 Å². The van der Waals surface area contributed by atoms with E-state index in [1.54, 1.807) is 0 Å². The molecular formula is C13H9F3N2O2. The van der Waals surface area contributed by atoms with Crippen LogP contribution in [-0.2, 0) is 15.8 Å². The van der Waals surface area contributed by atoms with E-state index in [2.05, 4.69) is 11.9 Å². The van der Waals surface area contributed by atoms with Gasteiger partial charge in [-0.05, 0) is 30.3 Å². The van der Waals surface area contributed by atoms with E-state index in [9.17, 15) is 22.8 Å². The fourth-order valence-electron chi connectivity index (χ4n) is 1.33. The average molecular weight is 282 g/mol. The van der Waals surface area contributed by atoms with E-state index in [0.717, 1.165) is 30.3 Å². The SMILES string of the molecule is C=CC(=O)C(C#N)C(=O)Nc1ccc(C(F)(F)F)cc1. The Hall–Kier alpha value is -2.62. The summed E-state index contributed by atoms with van der Waals surface area (Å²) >= 11 is 0. The molecule has 0 radical (unpaired) electrons. The average Bonchev–Trinajstić information content (AvgIpc) is 2.38. The van der Waals surface area contributed by atoms with E-state index in [1.807, 2.05) is 0 Å². The number of rotatable bonds is 4. The van der Waals surface area contributed by atoms with Crippen molar-refractivity contribution in [3.8, 4) is 6.07 Å². The van der Waals surface area contributed by atoms with Crippen LogP contribution in [0.2, 0.25) is 0 Å². The summed E-state index contributed by atoms with van der Waals surface area (Å²) in [5, 5.41) is 10.9. The van der Waals surface area contributed by atoms with Crippen molar-refractivity contribution in [3.05, 3.63) is 42.5 Å². The maximum atomic E-state index is 12.3. The maximum Gasteiger partial charge on any atom is 0.416 e. The molecule has 4 nitrogen and oxygen atoms in total. The van der Waals surface area contributed by atoms with Crippen molar-refractivity contribution in [2.24, 2.45) is 5.92 Å². The Morgan fingerprint density at radius 2 is 1.85 bits per heavy atom. The molecule has 0 spiro atoms. The van der Waals surface area contributed by atoms with E-state index >= 15 is 0 Å². The van der Waals surface area contributed by atoms with Gasteiger partial charge in [0.1, 0.15) is 0 Å². The molecule has 1 aromatic rings. The Kier molecular flexibility index (Phi) is 4.64. The highest BCUT2D eigenvalue weighted by atomic mass is 19.4. The molecule has 20 heavy (non-hydrogen) atoms. The quantitative estimate of drug-likeness (QED) is 0.681. The molecule has 0 heterocycles. The first-order valence-electron chi connectivity index (χ1n) is 5.33. The molecule has 1 aromatic carbocycles. The monoisotopic (exact) mass is 282 g/mol. The summed E-state index contributed by atoms with van der Waals surface area (Å²) in [5.74, 6) is -3.27. The minimum Gasteiger partial charge on any atom is -0.325 e. The van der Waals surface area contributed by atoms with Gasteiger partial charge in [-0.2, -0.15) is 18.4 Å². The predicted octanol–water partition coefficient (Wildman–Crippen LogP) is 2.54. The molecule has 1 atom stereocenters. The van der Waals surface area contributed by atoms with E-state index in [4.69, 9.17) is 5.26 Å². The lowest BCUT2D eigenvalue weighted by atomic mass is 10.1. The second-order valence-electron chi connectivity index (χ2n) is 3.73. The van der Waals surface area contributed by atoms with Crippen molar-refractivity contribution < 1.29 is 22.8 Å². The molecule has 1 rings (SSSR count). The number of hydrogen-bond donors (Lipinski definition) is 1. The molecule has 0 fully saturated rings.